The summed E-state index contributed by atoms with van der Waals surface area (Å²) in [6, 6.07) is 0. The molecule has 0 bridgehead atoms. The Bertz CT molecular complexity index is 611. The molecular weight excluding hydrogens is 278 g/mol. The first-order chi connectivity index (χ1) is 9.36. The monoisotopic (exact) mass is 295 g/mol. The van der Waals surface area contributed by atoms with Crippen LogP contribution in [0.2, 0.25) is 5.02 Å². The van der Waals surface area contributed by atoms with Crippen molar-refractivity contribution in [3.05, 3.63) is 34.4 Å². The number of aromatic nitrogens is 4. The van der Waals surface area contributed by atoms with Gasteiger partial charge in [0.15, 0.2) is 0 Å². The van der Waals surface area contributed by atoms with Crippen LogP contribution in [-0.2, 0) is 24.9 Å². The smallest absolute Gasteiger partial charge is 0.244 e. The predicted molar refractivity (Wildman–Crippen MR) is 76.4 cm³/mol. The van der Waals surface area contributed by atoms with Crippen LogP contribution >= 0.6 is 11.6 Å². The van der Waals surface area contributed by atoms with E-state index in [9.17, 15) is 4.79 Å². The molecule has 7 heteroatoms. The van der Waals surface area contributed by atoms with Crippen LogP contribution in [0.5, 0.6) is 0 Å². The number of hydrogen-bond donors (Lipinski definition) is 0. The molecule has 0 saturated heterocycles. The number of rotatable bonds is 4. The number of amides is 1. The second-order valence-electron chi connectivity index (χ2n) is 4.92. The van der Waals surface area contributed by atoms with Crippen LogP contribution in [0, 0.1) is 13.8 Å². The summed E-state index contributed by atoms with van der Waals surface area (Å²) in [5.74, 6) is -0.0209. The van der Waals surface area contributed by atoms with Crippen LogP contribution in [0.4, 0.5) is 0 Å². The van der Waals surface area contributed by atoms with Crippen LogP contribution in [0.3, 0.4) is 0 Å². The van der Waals surface area contributed by atoms with Crippen molar-refractivity contribution < 1.29 is 4.79 Å². The van der Waals surface area contributed by atoms with Gasteiger partial charge in [0.25, 0.3) is 0 Å². The SMILES string of the molecule is Cc1nn(CC(=O)N(C)Cc2cn(C)nc2C)cc1Cl. The fourth-order valence-electron chi connectivity index (χ4n) is 1.98. The maximum atomic E-state index is 12.2. The molecule has 2 aromatic rings. The summed E-state index contributed by atoms with van der Waals surface area (Å²) < 4.78 is 3.31. The minimum absolute atomic E-state index is 0.0209. The zero-order chi connectivity index (χ0) is 14.9. The zero-order valence-corrected chi connectivity index (χ0v) is 12.8. The topological polar surface area (TPSA) is 56.0 Å². The van der Waals surface area contributed by atoms with Crippen molar-refractivity contribution in [3.8, 4) is 0 Å². The third kappa shape index (κ3) is 3.19. The largest absolute Gasteiger partial charge is 0.340 e. The molecule has 0 atom stereocenters. The van der Waals surface area contributed by atoms with Crippen molar-refractivity contribution >= 4 is 17.5 Å². The summed E-state index contributed by atoms with van der Waals surface area (Å²) in [7, 11) is 3.64. The normalized spacial score (nSPS) is 10.8. The summed E-state index contributed by atoms with van der Waals surface area (Å²) in [6.45, 7) is 4.46. The summed E-state index contributed by atoms with van der Waals surface area (Å²) in [5, 5.41) is 9.02. The fourth-order valence-corrected chi connectivity index (χ4v) is 2.13. The number of nitrogens with zero attached hydrogens (tertiary/aromatic N) is 5. The van der Waals surface area contributed by atoms with E-state index in [1.807, 2.05) is 27.1 Å². The van der Waals surface area contributed by atoms with E-state index < -0.39 is 0 Å². The van der Waals surface area contributed by atoms with Gasteiger partial charge in [-0.3, -0.25) is 14.2 Å². The van der Waals surface area contributed by atoms with Gasteiger partial charge in [0.2, 0.25) is 5.91 Å². The van der Waals surface area contributed by atoms with Gasteiger partial charge in [-0.05, 0) is 13.8 Å². The molecule has 0 aliphatic heterocycles. The van der Waals surface area contributed by atoms with Crippen molar-refractivity contribution in [2.75, 3.05) is 7.05 Å². The summed E-state index contributed by atoms with van der Waals surface area (Å²) >= 11 is 5.93. The minimum atomic E-state index is -0.0209. The van der Waals surface area contributed by atoms with E-state index in [-0.39, 0.29) is 12.5 Å². The van der Waals surface area contributed by atoms with Crippen molar-refractivity contribution in [2.24, 2.45) is 7.05 Å². The lowest BCUT2D eigenvalue weighted by molar-refractivity contribution is -0.131. The Morgan fingerprint density at radius 3 is 2.50 bits per heavy atom. The molecule has 108 valence electrons. The molecule has 2 rings (SSSR count). The second kappa shape index (κ2) is 5.66. The zero-order valence-electron chi connectivity index (χ0n) is 12.1. The first-order valence-electron chi connectivity index (χ1n) is 6.29. The maximum absolute atomic E-state index is 12.2. The van der Waals surface area contributed by atoms with Gasteiger partial charge >= 0.3 is 0 Å². The molecule has 6 nitrogen and oxygen atoms in total. The van der Waals surface area contributed by atoms with Gasteiger partial charge in [-0.2, -0.15) is 10.2 Å². The lowest BCUT2D eigenvalue weighted by atomic mass is 10.2. The van der Waals surface area contributed by atoms with Crippen LogP contribution in [0.25, 0.3) is 0 Å². The standard InChI is InChI=1S/C13H18ClN5O/c1-9-11(6-18(4)15-9)5-17(3)13(20)8-19-7-12(14)10(2)16-19/h6-7H,5,8H2,1-4H3. The number of likely N-dealkylation sites (N-methyl/N-ethyl adjacent to an activating group) is 1. The van der Waals surface area contributed by atoms with Gasteiger partial charge < -0.3 is 4.90 Å². The number of carbonyl (C=O) groups excluding carboxylic acids is 1. The van der Waals surface area contributed by atoms with Gasteiger partial charge in [-0.25, -0.2) is 0 Å². The molecule has 20 heavy (non-hydrogen) atoms. The summed E-state index contributed by atoms with van der Waals surface area (Å²) in [5.41, 5.74) is 2.70. The lowest BCUT2D eigenvalue weighted by Crippen LogP contribution is -2.30. The highest BCUT2D eigenvalue weighted by atomic mass is 35.5. The average molecular weight is 296 g/mol. The highest BCUT2D eigenvalue weighted by Gasteiger charge is 2.14. The molecule has 0 aliphatic carbocycles. The van der Waals surface area contributed by atoms with Gasteiger partial charge in [0.05, 0.1) is 16.4 Å². The molecule has 2 aromatic heterocycles. The van der Waals surface area contributed by atoms with Crippen LogP contribution in [0.1, 0.15) is 17.0 Å². The van der Waals surface area contributed by atoms with E-state index in [2.05, 4.69) is 10.2 Å². The van der Waals surface area contributed by atoms with Crippen molar-refractivity contribution in [2.45, 2.75) is 26.9 Å². The molecule has 0 radical (unpaired) electrons. The van der Waals surface area contributed by atoms with Crippen LogP contribution in [-0.4, -0.2) is 37.4 Å². The molecule has 0 aliphatic rings. The lowest BCUT2D eigenvalue weighted by Gasteiger charge is -2.16. The average Bonchev–Trinajstić information content (AvgIpc) is 2.82. The van der Waals surface area contributed by atoms with E-state index in [1.165, 1.54) is 0 Å². The third-order valence-corrected chi connectivity index (χ3v) is 3.50. The Hall–Kier alpha value is -1.82. The first kappa shape index (κ1) is 14.6. The first-order valence-corrected chi connectivity index (χ1v) is 6.67. The molecule has 0 spiro atoms. The van der Waals surface area contributed by atoms with Crippen molar-refractivity contribution in [3.63, 3.8) is 0 Å². The number of carbonyl (C=O) groups is 1. The quantitative estimate of drug-likeness (QED) is 0.860. The summed E-state index contributed by atoms with van der Waals surface area (Å²) in [4.78, 5) is 13.8. The molecule has 0 fully saturated rings. The molecule has 0 unspecified atom stereocenters. The van der Waals surface area contributed by atoms with Gasteiger partial charge in [-0.15, -0.1) is 0 Å². The number of hydrogen-bond acceptors (Lipinski definition) is 3. The molecule has 1 amide bonds. The Balaban J connectivity index is 2.00. The van der Waals surface area contributed by atoms with Gasteiger partial charge in [0.1, 0.15) is 6.54 Å². The second-order valence-corrected chi connectivity index (χ2v) is 5.33. The molecule has 0 aromatic carbocycles. The fraction of sp³-hybridized carbons (Fsp3) is 0.462. The van der Waals surface area contributed by atoms with Gasteiger partial charge in [-0.1, -0.05) is 11.6 Å². The Morgan fingerprint density at radius 2 is 2.00 bits per heavy atom. The van der Waals surface area contributed by atoms with Gasteiger partial charge in [0, 0.05) is 38.6 Å². The third-order valence-electron chi connectivity index (χ3n) is 3.13. The predicted octanol–water partition coefficient (Wildman–Crippen LogP) is 1.55. The maximum Gasteiger partial charge on any atom is 0.244 e. The minimum Gasteiger partial charge on any atom is -0.340 e. The molecule has 2 heterocycles. The highest BCUT2D eigenvalue weighted by molar-refractivity contribution is 6.31. The van der Waals surface area contributed by atoms with E-state index in [0.29, 0.717) is 11.6 Å². The van der Waals surface area contributed by atoms with Crippen LogP contribution < -0.4 is 0 Å². The van der Waals surface area contributed by atoms with Crippen molar-refractivity contribution in [1.29, 1.82) is 0 Å². The van der Waals surface area contributed by atoms with E-state index in [0.717, 1.165) is 17.0 Å². The number of halogens is 1. The van der Waals surface area contributed by atoms with Crippen molar-refractivity contribution in [1.82, 2.24) is 24.5 Å². The Morgan fingerprint density at radius 1 is 1.30 bits per heavy atom. The highest BCUT2D eigenvalue weighted by Crippen LogP contribution is 2.12. The Labute approximate surface area is 122 Å². The molecular formula is C13H18ClN5O. The van der Waals surface area contributed by atoms with Crippen LogP contribution in [0.15, 0.2) is 12.4 Å². The molecule has 0 N–H and O–H groups in total. The van der Waals surface area contributed by atoms with E-state index in [1.54, 1.807) is 27.5 Å². The van der Waals surface area contributed by atoms with E-state index >= 15 is 0 Å². The van der Waals surface area contributed by atoms with E-state index in [4.69, 9.17) is 11.6 Å². The molecule has 0 saturated carbocycles. The Kier molecular flexibility index (Phi) is 4.13. The summed E-state index contributed by atoms with van der Waals surface area (Å²) in [6.07, 6.45) is 3.59. The number of aryl methyl sites for hydroxylation is 3.